The number of hydrogen-bond donors (Lipinski definition) is 3. The van der Waals surface area contributed by atoms with Gasteiger partial charge in [-0.3, -0.25) is 9.59 Å². The molecular weight excluding hydrogens is 612 g/mol. The van der Waals surface area contributed by atoms with Gasteiger partial charge in [0.05, 0.1) is 0 Å². The lowest BCUT2D eigenvalue weighted by Gasteiger charge is -2.15. The van der Waals surface area contributed by atoms with Crippen LogP contribution >= 0.6 is 0 Å². The first-order valence-electron chi connectivity index (χ1n) is 19.6. The Kier molecular flexibility index (Phi) is 34.2. The number of nitrogens with two attached hydrogens (primary N) is 1. The van der Waals surface area contributed by atoms with E-state index < -0.39 is 12.0 Å². The van der Waals surface area contributed by atoms with Crippen LogP contribution in [0.15, 0.2) is 60.8 Å². The van der Waals surface area contributed by atoms with Gasteiger partial charge in [-0.25, -0.2) is 4.79 Å². The van der Waals surface area contributed by atoms with Gasteiger partial charge in [-0.1, -0.05) is 126 Å². The van der Waals surface area contributed by atoms with E-state index >= 15 is 0 Å². The highest BCUT2D eigenvalue weighted by molar-refractivity contribution is 5.83. The number of allylic oxidation sites excluding steroid dienone is 9. The average Bonchev–Trinajstić information content (AvgIpc) is 3.08. The van der Waals surface area contributed by atoms with Gasteiger partial charge in [0.15, 0.2) is 0 Å². The number of unbranched alkanes of at least 4 members (excludes halogenated alkanes) is 12. The Morgan fingerprint density at radius 1 is 0.633 bits per heavy atom. The number of aliphatic carboxylic acids is 1. The van der Waals surface area contributed by atoms with Crippen LogP contribution < -0.4 is 11.1 Å². The number of nitrogens with one attached hydrogen (secondary N) is 1. The van der Waals surface area contributed by atoms with Crippen LogP contribution in [0.1, 0.15) is 168 Å². The van der Waals surface area contributed by atoms with Crippen molar-refractivity contribution in [3.63, 3.8) is 0 Å². The van der Waals surface area contributed by atoms with Gasteiger partial charge in [0.2, 0.25) is 5.91 Å². The third kappa shape index (κ3) is 33.3. The molecule has 0 saturated carbocycles. The minimum atomic E-state index is -1.01. The summed E-state index contributed by atoms with van der Waals surface area (Å²) in [7, 11) is 0. The topological polar surface area (TPSA) is 119 Å². The van der Waals surface area contributed by atoms with E-state index in [2.05, 4.69) is 79.9 Å². The predicted molar refractivity (Wildman–Crippen MR) is 206 cm³/mol. The summed E-state index contributed by atoms with van der Waals surface area (Å²) >= 11 is 0. The van der Waals surface area contributed by atoms with Crippen LogP contribution in [0, 0.1) is 0 Å². The molecule has 0 bridgehead atoms. The third-order valence-electron chi connectivity index (χ3n) is 8.30. The highest BCUT2D eigenvalue weighted by Gasteiger charge is 2.18. The molecule has 0 aromatic rings. The Hall–Kier alpha value is -2.93. The highest BCUT2D eigenvalue weighted by atomic mass is 16.5. The number of amides is 1. The summed E-state index contributed by atoms with van der Waals surface area (Å²) in [5.41, 5.74) is 5.46. The monoisotopic (exact) mass is 685 g/mol. The van der Waals surface area contributed by atoms with Crippen LogP contribution in [-0.2, 0) is 19.1 Å². The molecule has 0 radical (unpaired) electrons. The second-order valence-corrected chi connectivity index (χ2v) is 13.0. The zero-order chi connectivity index (χ0) is 36.0. The van der Waals surface area contributed by atoms with E-state index in [9.17, 15) is 19.5 Å². The number of esters is 1. The maximum Gasteiger partial charge on any atom is 0.326 e. The second kappa shape index (κ2) is 36.4. The number of hydrogen-bond acceptors (Lipinski definition) is 5. The Labute approximate surface area is 300 Å². The molecule has 7 nitrogen and oxygen atoms in total. The number of carboxylic acids is 1. The van der Waals surface area contributed by atoms with E-state index in [1.807, 2.05) is 0 Å². The molecule has 49 heavy (non-hydrogen) atoms. The molecule has 0 heterocycles. The van der Waals surface area contributed by atoms with Gasteiger partial charge in [0.1, 0.15) is 12.1 Å². The zero-order valence-corrected chi connectivity index (χ0v) is 31.3. The molecule has 2 unspecified atom stereocenters. The SMILES string of the molecule is CC/C=C\C/C=C\C/C=C\C(CCCCCCCCC(=O)NC(CCCN)C(=O)O)OC(=O)CCCCCCC/C=C\C/C=C\CCCC. The van der Waals surface area contributed by atoms with Gasteiger partial charge in [-0.15, -0.1) is 0 Å². The highest BCUT2D eigenvalue weighted by Crippen LogP contribution is 2.15. The average molecular weight is 685 g/mol. The van der Waals surface area contributed by atoms with Crippen LogP contribution in [-0.4, -0.2) is 41.6 Å². The van der Waals surface area contributed by atoms with Gasteiger partial charge in [0, 0.05) is 12.8 Å². The number of rotatable bonds is 34. The smallest absolute Gasteiger partial charge is 0.326 e. The van der Waals surface area contributed by atoms with Crippen molar-refractivity contribution >= 4 is 17.8 Å². The Morgan fingerprint density at radius 3 is 1.82 bits per heavy atom. The molecule has 0 saturated heterocycles. The van der Waals surface area contributed by atoms with Gasteiger partial charge in [0.25, 0.3) is 0 Å². The van der Waals surface area contributed by atoms with Crippen molar-refractivity contribution < 1.29 is 24.2 Å². The van der Waals surface area contributed by atoms with Crippen molar-refractivity contribution in [1.82, 2.24) is 5.32 Å². The predicted octanol–water partition coefficient (Wildman–Crippen LogP) is 10.6. The van der Waals surface area contributed by atoms with Crippen LogP contribution in [0.4, 0.5) is 0 Å². The normalized spacial score (nSPS) is 13.4. The molecule has 0 spiro atoms. The van der Waals surface area contributed by atoms with Crippen LogP contribution in [0.25, 0.3) is 0 Å². The van der Waals surface area contributed by atoms with E-state index in [-0.39, 0.29) is 18.0 Å². The maximum atomic E-state index is 12.7. The minimum Gasteiger partial charge on any atom is -0.480 e. The van der Waals surface area contributed by atoms with E-state index in [1.54, 1.807) is 0 Å². The molecule has 0 aromatic heterocycles. The molecule has 0 aromatic carbocycles. The van der Waals surface area contributed by atoms with E-state index in [0.717, 1.165) is 96.3 Å². The van der Waals surface area contributed by atoms with Crippen molar-refractivity contribution in [2.24, 2.45) is 5.73 Å². The van der Waals surface area contributed by atoms with Crippen LogP contribution in [0.5, 0.6) is 0 Å². The third-order valence-corrected chi connectivity index (χ3v) is 8.30. The largest absolute Gasteiger partial charge is 0.480 e. The minimum absolute atomic E-state index is 0.101. The van der Waals surface area contributed by atoms with E-state index in [1.165, 1.54) is 32.1 Å². The van der Waals surface area contributed by atoms with Crippen molar-refractivity contribution in [3.05, 3.63) is 60.8 Å². The van der Waals surface area contributed by atoms with Crippen molar-refractivity contribution in [2.45, 2.75) is 180 Å². The van der Waals surface area contributed by atoms with E-state index in [4.69, 9.17) is 10.5 Å². The molecule has 1 amide bonds. The van der Waals surface area contributed by atoms with Crippen molar-refractivity contribution in [2.75, 3.05) is 6.54 Å². The number of carboxylic acid groups (broad SMARTS) is 1. The number of ether oxygens (including phenoxy) is 1. The van der Waals surface area contributed by atoms with Crippen molar-refractivity contribution in [3.8, 4) is 0 Å². The van der Waals surface area contributed by atoms with Gasteiger partial charge >= 0.3 is 11.9 Å². The van der Waals surface area contributed by atoms with Crippen molar-refractivity contribution in [1.29, 1.82) is 0 Å². The molecule has 280 valence electrons. The Morgan fingerprint density at radius 2 is 1.18 bits per heavy atom. The molecule has 4 N–H and O–H groups in total. The fourth-order valence-electron chi connectivity index (χ4n) is 5.34. The summed E-state index contributed by atoms with van der Waals surface area (Å²) in [5.74, 6) is -1.32. The summed E-state index contributed by atoms with van der Waals surface area (Å²) in [4.78, 5) is 36.1. The van der Waals surface area contributed by atoms with Gasteiger partial charge in [-0.2, -0.15) is 0 Å². The van der Waals surface area contributed by atoms with Gasteiger partial charge in [-0.05, 0) is 96.1 Å². The molecule has 0 rings (SSSR count). The summed E-state index contributed by atoms with van der Waals surface area (Å²) in [6.07, 6.45) is 44.2. The summed E-state index contributed by atoms with van der Waals surface area (Å²) in [6.45, 7) is 4.76. The molecule has 2 atom stereocenters. The Bertz CT molecular complexity index is 953. The first-order chi connectivity index (χ1) is 23.9. The maximum absolute atomic E-state index is 12.7. The standard InChI is InChI=1S/C42H72N2O5/c1-3-5-7-9-11-13-14-15-16-17-18-20-26-30-36-41(46)49-38(32-27-23-19-12-10-8-6-4-2)33-28-24-21-22-25-29-35-40(45)44-39(42(47)48)34-31-37-43/h6,8-9,11-12,14-15,19,27,32,38-39H,3-5,7,10,13,16-18,20-26,28-31,33-37,43H2,1-2H3,(H,44,45)(H,47,48)/b8-6-,11-9-,15-14-,19-12-,32-27-. The second-order valence-electron chi connectivity index (χ2n) is 13.0. The molecule has 0 fully saturated rings. The van der Waals surface area contributed by atoms with E-state index in [0.29, 0.717) is 32.2 Å². The lowest BCUT2D eigenvalue weighted by atomic mass is 10.0. The quantitative estimate of drug-likeness (QED) is 0.0353. The fraction of sp³-hybridized carbons (Fsp3) is 0.690. The molecule has 0 aliphatic carbocycles. The molecular formula is C42H72N2O5. The summed E-state index contributed by atoms with van der Waals surface area (Å²) < 4.78 is 5.90. The summed E-state index contributed by atoms with van der Waals surface area (Å²) in [6, 6.07) is -0.860. The number of carbonyl (C=O) groups excluding carboxylic acids is 2. The van der Waals surface area contributed by atoms with Crippen LogP contribution in [0.3, 0.4) is 0 Å². The first kappa shape index (κ1) is 46.1. The lowest BCUT2D eigenvalue weighted by Crippen LogP contribution is -2.40. The molecule has 0 aliphatic rings. The Balaban J connectivity index is 4.35. The fourth-order valence-corrected chi connectivity index (χ4v) is 5.34. The zero-order valence-electron chi connectivity index (χ0n) is 31.3. The number of carbonyl (C=O) groups is 3. The van der Waals surface area contributed by atoms with Gasteiger partial charge < -0.3 is 20.9 Å². The van der Waals surface area contributed by atoms with Crippen LogP contribution in [0.2, 0.25) is 0 Å². The molecule has 7 heteroatoms. The summed E-state index contributed by atoms with van der Waals surface area (Å²) in [5, 5.41) is 11.9. The molecule has 0 aliphatic heterocycles. The lowest BCUT2D eigenvalue weighted by molar-refractivity contribution is -0.147. The first-order valence-corrected chi connectivity index (χ1v) is 19.6.